The fraction of sp³-hybridized carbons (Fsp3) is 0.333. The van der Waals surface area contributed by atoms with Crippen LogP contribution in [-0.2, 0) is 14.3 Å². The first-order valence-corrected chi connectivity index (χ1v) is 9.25. The first kappa shape index (κ1) is 21.6. The van der Waals surface area contributed by atoms with E-state index < -0.39 is 18.0 Å². The zero-order valence-electron chi connectivity index (χ0n) is 16.3. The van der Waals surface area contributed by atoms with Gasteiger partial charge in [-0.3, -0.25) is 4.79 Å². The summed E-state index contributed by atoms with van der Waals surface area (Å²) in [6.07, 6.45) is -0.989. The zero-order chi connectivity index (χ0) is 20.7. The SMILES string of the molecule is COc1ccc(NC(=O)[C@@H](C)OC(=O)COc2ccccc2C(C)C)cc1Cl. The van der Waals surface area contributed by atoms with Crippen LogP contribution in [0.5, 0.6) is 11.5 Å². The Morgan fingerprint density at radius 1 is 1.07 bits per heavy atom. The Labute approximate surface area is 169 Å². The number of hydrogen-bond acceptors (Lipinski definition) is 5. The van der Waals surface area contributed by atoms with Crippen LogP contribution in [0.2, 0.25) is 5.02 Å². The van der Waals surface area contributed by atoms with Gasteiger partial charge in [-0.05, 0) is 42.7 Å². The summed E-state index contributed by atoms with van der Waals surface area (Å²) in [5.41, 5.74) is 1.47. The minimum atomic E-state index is -0.989. The van der Waals surface area contributed by atoms with Crippen LogP contribution >= 0.6 is 11.6 Å². The Hall–Kier alpha value is -2.73. The summed E-state index contributed by atoms with van der Waals surface area (Å²) < 4.78 is 15.8. The Bertz CT molecular complexity index is 837. The van der Waals surface area contributed by atoms with Crippen molar-refractivity contribution in [2.24, 2.45) is 0 Å². The van der Waals surface area contributed by atoms with E-state index in [-0.39, 0.29) is 12.5 Å². The van der Waals surface area contributed by atoms with Crippen LogP contribution in [0.1, 0.15) is 32.3 Å². The average Bonchev–Trinajstić information content (AvgIpc) is 2.66. The highest BCUT2D eigenvalue weighted by Crippen LogP contribution is 2.27. The third-order valence-corrected chi connectivity index (χ3v) is 4.28. The highest BCUT2D eigenvalue weighted by Gasteiger charge is 2.19. The maximum atomic E-state index is 12.2. The second-order valence-electron chi connectivity index (χ2n) is 6.45. The van der Waals surface area contributed by atoms with E-state index in [0.29, 0.717) is 22.2 Å². The average molecular weight is 406 g/mol. The number of ether oxygens (including phenoxy) is 3. The molecule has 0 aliphatic heterocycles. The molecular formula is C21H24ClNO5. The van der Waals surface area contributed by atoms with Crippen LogP contribution in [0.15, 0.2) is 42.5 Å². The molecule has 2 aromatic carbocycles. The van der Waals surface area contributed by atoms with Gasteiger partial charge in [0, 0.05) is 5.69 Å². The van der Waals surface area contributed by atoms with E-state index in [0.717, 1.165) is 5.56 Å². The minimum absolute atomic E-state index is 0.258. The highest BCUT2D eigenvalue weighted by atomic mass is 35.5. The van der Waals surface area contributed by atoms with E-state index in [1.807, 2.05) is 32.0 Å². The molecule has 0 radical (unpaired) electrons. The zero-order valence-corrected chi connectivity index (χ0v) is 17.1. The smallest absolute Gasteiger partial charge is 0.344 e. The van der Waals surface area contributed by atoms with Gasteiger partial charge < -0.3 is 19.5 Å². The molecule has 0 unspecified atom stereocenters. The number of halogens is 1. The summed E-state index contributed by atoms with van der Waals surface area (Å²) in [5.74, 6) is 0.275. The molecule has 0 saturated heterocycles. The van der Waals surface area contributed by atoms with Gasteiger partial charge in [0.15, 0.2) is 12.7 Å². The Morgan fingerprint density at radius 2 is 1.79 bits per heavy atom. The molecule has 1 atom stereocenters. The number of hydrogen-bond donors (Lipinski definition) is 1. The van der Waals surface area contributed by atoms with Crippen molar-refractivity contribution in [3.8, 4) is 11.5 Å². The number of anilines is 1. The molecule has 0 aliphatic carbocycles. The summed E-state index contributed by atoms with van der Waals surface area (Å²) in [5, 5.41) is 3.00. The molecule has 0 bridgehead atoms. The van der Waals surface area contributed by atoms with Crippen LogP contribution in [0.4, 0.5) is 5.69 Å². The molecule has 0 aliphatic rings. The maximum absolute atomic E-state index is 12.2. The summed E-state index contributed by atoms with van der Waals surface area (Å²) in [6.45, 7) is 5.28. The first-order chi connectivity index (χ1) is 13.3. The summed E-state index contributed by atoms with van der Waals surface area (Å²) in [6, 6.07) is 12.3. The van der Waals surface area contributed by atoms with Crippen molar-refractivity contribution in [1.29, 1.82) is 0 Å². The number of esters is 1. The number of nitrogens with one attached hydrogen (secondary N) is 1. The number of rotatable bonds is 8. The predicted octanol–water partition coefficient (Wildman–Crippen LogP) is 4.42. The monoisotopic (exact) mass is 405 g/mol. The van der Waals surface area contributed by atoms with Crippen LogP contribution < -0.4 is 14.8 Å². The largest absolute Gasteiger partial charge is 0.495 e. The van der Waals surface area contributed by atoms with Gasteiger partial charge in [0.25, 0.3) is 5.91 Å². The number of para-hydroxylation sites is 1. The fourth-order valence-corrected chi connectivity index (χ4v) is 2.76. The lowest BCUT2D eigenvalue weighted by molar-refractivity contribution is -0.155. The number of carbonyl (C=O) groups is 2. The summed E-state index contributed by atoms with van der Waals surface area (Å²) >= 11 is 6.03. The third kappa shape index (κ3) is 5.89. The van der Waals surface area contributed by atoms with Gasteiger partial charge in [0.05, 0.1) is 12.1 Å². The molecule has 7 heteroatoms. The number of carbonyl (C=O) groups excluding carboxylic acids is 2. The first-order valence-electron chi connectivity index (χ1n) is 8.87. The normalized spacial score (nSPS) is 11.6. The second kappa shape index (κ2) is 9.99. The van der Waals surface area contributed by atoms with Crippen molar-refractivity contribution in [3.63, 3.8) is 0 Å². The molecule has 0 spiro atoms. The van der Waals surface area contributed by atoms with E-state index in [2.05, 4.69) is 5.32 Å². The van der Waals surface area contributed by atoms with E-state index in [9.17, 15) is 9.59 Å². The standard InChI is InChI=1S/C21H24ClNO5/c1-13(2)16-7-5-6-8-18(16)27-12-20(24)28-14(3)21(25)23-15-9-10-19(26-4)17(22)11-15/h5-11,13-14H,12H2,1-4H3,(H,23,25)/t14-/m1/s1. The molecule has 2 aromatic rings. The van der Waals surface area contributed by atoms with Gasteiger partial charge in [-0.25, -0.2) is 4.79 Å². The lowest BCUT2D eigenvalue weighted by atomic mass is 10.0. The molecule has 0 fully saturated rings. The van der Waals surface area contributed by atoms with Gasteiger partial charge in [-0.2, -0.15) is 0 Å². The van der Waals surface area contributed by atoms with Crippen LogP contribution in [-0.4, -0.2) is 31.7 Å². The molecule has 0 heterocycles. The van der Waals surface area contributed by atoms with Gasteiger partial charge in [-0.1, -0.05) is 43.6 Å². The quantitative estimate of drug-likeness (QED) is 0.658. The Balaban J connectivity index is 1.88. The van der Waals surface area contributed by atoms with Crippen LogP contribution in [0, 0.1) is 0 Å². The van der Waals surface area contributed by atoms with Crippen LogP contribution in [0.25, 0.3) is 0 Å². The Morgan fingerprint density at radius 3 is 2.43 bits per heavy atom. The van der Waals surface area contributed by atoms with Crippen molar-refractivity contribution >= 4 is 29.2 Å². The second-order valence-corrected chi connectivity index (χ2v) is 6.86. The molecule has 1 N–H and O–H groups in total. The van der Waals surface area contributed by atoms with Gasteiger partial charge in [0.1, 0.15) is 11.5 Å². The molecule has 0 saturated carbocycles. The lowest BCUT2D eigenvalue weighted by Crippen LogP contribution is -2.31. The lowest BCUT2D eigenvalue weighted by Gasteiger charge is -2.16. The Kier molecular flexibility index (Phi) is 7.70. The van der Waals surface area contributed by atoms with Gasteiger partial charge in [-0.15, -0.1) is 0 Å². The maximum Gasteiger partial charge on any atom is 0.344 e. The molecule has 28 heavy (non-hydrogen) atoms. The van der Waals surface area contributed by atoms with E-state index in [1.165, 1.54) is 14.0 Å². The number of methoxy groups -OCH3 is 1. The highest BCUT2D eigenvalue weighted by molar-refractivity contribution is 6.32. The van der Waals surface area contributed by atoms with Crippen molar-refractivity contribution in [3.05, 3.63) is 53.1 Å². The number of amides is 1. The molecule has 2 rings (SSSR count). The number of benzene rings is 2. The van der Waals surface area contributed by atoms with Crippen LogP contribution in [0.3, 0.4) is 0 Å². The molecular weight excluding hydrogens is 382 g/mol. The van der Waals surface area contributed by atoms with Crippen molar-refractivity contribution in [2.45, 2.75) is 32.8 Å². The van der Waals surface area contributed by atoms with Crippen molar-refractivity contribution in [1.82, 2.24) is 0 Å². The van der Waals surface area contributed by atoms with E-state index in [1.54, 1.807) is 24.3 Å². The topological polar surface area (TPSA) is 73.9 Å². The molecule has 0 aromatic heterocycles. The molecule has 1 amide bonds. The van der Waals surface area contributed by atoms with E-state index in [4.69, 9.17) is 25.8 Å². The summed E-state index contributed by atoms with van der Waals surface area (Å²) in [7, 11) is 1.50. The molecule has 150 valence electrons. The molecule has 6 nitrogen and oxygen atoms in total. The fourth-order valence-electron chi connectivity index (χ4n) is 2.50. The minimum Gasteiger partial charge on any atom is -0.495 e. The van der Waals surface area contributed by atoms with E-state index >= 15 is 0 Å². The third-order valence-electron chi connectivity index (χ3n) is 3.98. The predicted molar refractivity (Wildman–Crippen MR) is 108 cm³/mol. The van der Waals surface area contributed by atoms with Gasteiger partial charge >= 0.3 is 5.97 Å². The van der Waals surface area contributed by atoms with Crippen molar-refractivity contribution < 1.29 is 23.8 Å². The van der Waals surface area contributed by atoms with Crippen molar-refractivity contribution in [2.75, 3.05) is 19.0 Å². The van der Waals surface area contributed by atoms with Gasteiger partial charge in [0.2, 0.25) is 0 Å². The summed E-state index contributed by atoms with van der Waals surface area (Å²) in [4.78, 5) is 24.3.